The minimum atomic E-state index is -1.25. The summed E-state index contributed by atoms with van der Waals surface area (Å²) in [7, 11) is 1.83. The largest absolute Gasteiger partial charge is 0.480 e. The van der Waals surface area contributed by atoms with Crippen LogP contribution in [0.4, 0.5) is 22.2 Å². The zero-order valence-electron chi connectivity index (χ0n) is 31.3. The van der Waals surface area contributed by atoms with Crippen molar-refractivity contribution >= 4 is 52.5 Å². The molecule has 2 aromatic heterocycles. The molecule has 54 heavy (non-hydrogen) atoms. The van der Waals surface area contributed by atoms with E-state index < -0.39 is 29.6 Å². The highest BCUT2D eigenvalue weighted by Gasteiger charge is 2.22. The minimum Gasteiger partial charge on any atom is -0.480 e. The fourth-order valence-corrected chi connectivity index (χ4v) is 4.75. The number of carboxylic acid groups (broad SMARTS) is 1. The SMILES string of the molecule is CN(Cc1cnc2nc(N)nc(N)c2n1)c1ccc(C(=O)NC(CCC(=O)NCCCOCCOCCOCCCNC(=O)OC(C)(C)C)C(=O)O)cc1. The number of nitrogens with two attached hydrogens (primary N) is 2. The first-order chi connectivity index (χ1) is 25.7. The molecule has 0 aliphatic rings. The molecule has 1 atom stereocenters. The number of aliphatic carboxylic acids is 1. The van der Waals surface area contributed by atoms with E-state index in [1.807, 2.05) is 11.9 Å². The van der Waals surface area contributed by atoms with Gasteiger partial charge in [0.2, 0.25) is 11.9 Å². The number of carboxylic acids is 1. The number of carbonyl (C=O) groups excluding carboxylic acids is 3. The molecular formula is C35H52N10O9. The lowest BCUT2D eigenvalue weighted by atomic mass is 10.1. The Bertz CT molecular complexity index is 1670. The second-order valence-corrected chi connectivity index (χ2v) is 13.1. The Hall–Kier alpha value is -5.40. The summed E-state index contributed by atoms with van der Waals surface area (Å²) in [5, 5.41) is 17.5. The summed E-state index contributed by atoms with van der Waals surface area (Å²) in [5.41, 5.74) is 13.3. The first-order valence-electron chi connectivity index (χ1n) is 17.6. The van der Waals surface area contributed by atoms with Gasteiger partial charge in [-0.1, -0.05) is 0 Å². The standard InChI is InChI=1S/C35H52N10O9/c1-35(2,3)54-34(50)39-14-6-16-52-18-20-53-19-17-51-15-5-13-38-27(46)12-11-26(32(48)49)42-31(47)23-7-9-25(10-8-23)45(4)22-24-21-40-30-28(41-24)29(36)43-33(37)44-30/h7-10,21,26H,5-6,11-20,22H2,1-4H3,(H,38,46)(H,39,50)(H,42,47)(H,48,49)(H4,36,37,40,43,44). The number of carbonyl (C=O) groups is 4. The van der Waals surface area contributed by atoms with E-state index in [1.165, 1.54) is 0 Å². The predicted molar refractivity (Wildman–Crippen MR) is 200 cm³/mol. The third-order valence-corrected chi connectivity index (χ3v) is 7.40. The Morgan fingerprint density at radius 2 is 1.48 bits per heavy atom. The van der Waals surface area contributed by atoms with E-state index in [0.717, 1.165) is 5.69 Å². The zero-order chi connectivity index (χ0) is 39.5. The van der Waals surface area contributed by atoms with E-state index in [1.54, 1.807) is 51.2 Å². The van der Waals surface area contributed by atoms with Gasteiger partial charge in [0.05, 0.1) is 44.9 Å². The summed E-state index contributed by atoms with van der Waals surface area (Å²) in [4.78, 5) is 67.1. The van der Waals surface area contributed by atoms with E-state index >= 15 is 0 Å². The molecule has 0 saturated carbocycles. The predicted octanol–water partition coefficient (Wildman–Crippen LogP) is 1.65. The first-order valence-corrected chi connectivity index (χ1v) is 17.6. The van der Waals surface area contributed by atoms with Crippen LogP contribution in [0.25, 0.3) is 11.2 Å². The van der Waals surface area contributed by atoms with Crippen LogP contribution in [-0.2, 0) is 35.1 Å². The Balaban J connectivity index is 1.24. The number of rotatable bonds is 23. The zero-order valence-corrected chi connectivity index (χ0v) is 31.3. The molecule has 0 bridgehead atoms. The van der Waals surface area contributed by atoms with Gasteiger partial charge in [0.15, 0.2) is 17.0 Å². The van der Waals surface area contributed by atoms with Crippen molar-refractivity contribution in [1.29, 1.82) is 0 Å². The number of hydrogen-bond donors (Lipinski definition) is 6. The van der Waals surface area contributed by atoms with Crippen LogP contribution in [0.2, 0.25) is 0 Å². The van der Waals surface area contributed by atoms with Crippen LogP contribution < -0.4 is 32.3 Å². The number of fused-ring (bicyclic) bond motifs is 1. The van der Waals surface area contributed by atoms with Gasteiger partial charge in [-0.3, -0.25) is 9.59 Å². The average Bonchev–Trinajstić information content (AvgIpc) is 3.11. The fourth-order valence-electron chi connectivity index (χ4n) is 4.75. The van der Waals surface area contributed by atoms with Crippen molar-refractivity contribution in [1.82, 2.24) is 35.9 Å². The highest BCUT2D eigenvalue weighted by molar-refractivity contribution is 5.97. The second kappa shape index (κ2) is 22.0. The summed E-state index contributed by atoms with van der Waals surface area (Å²) in [6.45, 7) is 9.09. The number of amides is 3. The molecule has 0 spiro atoms. The van der Waals surface area contributed by atoms with Crippen molar-refractivity contribution in [3.05, 3.63) is 41.7 Å². The van der Waals surface area contributed by atoms with Gasteiger partial charge in [0.1, 0.15) is 11.6 Å². The van der Waals surface area contributed by atoms with Crippen LogP contribution in [0, 0.1) is 0 Å². The van der Waals surface area contributed by atoms with Crippen LogP contribution >= 0.6 is 0 Å². The van der Waals surface area contributed by atoms with Gasteiger partial charge in [-0.05, 0) is 64.3 Å². The monoisotopic (exact) mass is 756 g/mol. The third kappa shape index (κ3) is 16.1. The molecule has 1 aromatic carbocycles. The molecule has 3 rings (SSSR count). The lowest BCUT2D eigenvalue weighted by molar-refractivity contribution is -0.139. The lowest BCUT2D eigenvalue weighted by Crippen LogP contribution is -2.41. The summed E-state index contributed by atoms with van der Waals surface area (Å²) in [6, 6.07) is 5.34. The van der Waals surface area contributed by atoms with Crippen molar-refractivity contribution in [3.8, 4) is 0 Å². The van der Waals surface area contributed by atoms with Crippen molar-refractivity contribution < 1.29 is 43.2 Å². The fraction of sp³-hybridized carbons (Fsp3) is 0.543. The lowest BCUT2D eigenvalue weighted by Gasteiger charge is -2.19. The van der Waals surface area contributed by atoms with E-state index in [2.05, 4.69) is 35.9 Å². The van der Waals surface area contributed by atoms with E-state index in [4.69, 9.17) is 30.4 Å². The molecule has 8 N–H and O–H groups in total. The van der Waals surface area contributed by atoms with Crippen molar-refractivity contribution in [2.45, 2.75) is 64.6 Å². The minimum absolute atomic E-state index is 0.0107. The van der Waals surface area contributed by atoms with Crippen molar-refractivity contribution in [3.63, 3.8) is 0 Å². The normalized spacial score (nSPS) is 11.9. The van der Waals surface area contributed by atoms with Gasteiger partial charge in [-0.2, -0.15) is 9.97 Å². The van der Waals surface area contributed by atoms with E-state index in [9.17, 15) is 24.3 Å². The number of nitrogens with one attached hydrogen (secondary N) is 3. The van der Waals surface area contributed by atoms with Crippen molar-refractivity contribution in [2.75, 3.05) is 76.1 Å². The number of nitrogens with zero attached hydrogens (tertiary/aromatic N) is 5. The first kappa shape index (κ1) is 43.0. The highest BCUT2D eigenvalue weighted by Crippen LogP contribution is 2.19. The molecule has 0 aliphatic carbocycles. The van der Waals surface area contributed by atoms with Gasteiger partial charge in [-0.15, -0.1) is 0 Å². The van der Waals surface area contributed by atoms with Gasteiger partial charge < -0.3 is 56.4 Å². The second-order valence-electron chi connectivity index (χ2n) is 13.1. The highest BCUT2D eigenvalue weighted by atomic mass is 16.6. The molecule has 296 valence electrons. The molecule has 0 aliphatic heterocycles. The number of anilines is 3. The number of ether oxygens (including phenoxy) is 4. The van der Waals surface area contributed by atoms with E-state index in [-0.39, 0.29) is 36.1 Å². The van der Waals surface area contributed by atoms with Crippen LogP contribution in [0.1, 0.15) is 62.5 Å². The maximum Gasteiger partial charge on any atom is 0.407 e. The molecule has 2 heterocycles. The molecule has 1 unspecified atom stereocenters. The molecule has 3 amide bonds. The topological polar surface area (TPSA) is 268 Å². The number of hydrogen-bond acceptors (Lipinski definition) is 15. The Labute approximate surface area is 313 Å². The van der Waals surface area contributed by atoms with Crippen LogP contribution in [0.5, 0.6) is 0 Å². The van der Waals surface area contributed by atoms with Gasteiger partial charge >= 0.3 is 12.1 Å². The average molecular weight is 757 g/mol. The quantitative estimate of drug-likeness (QED) is 0.0751. The van der Waals surface area contributed by atoms with Crippen LogP contribution in [0.15, 0.2) is 30.5 Å². The smallest absolute Gasteiger partial charge is 0.407 e. The molecule has 0 saturated heterocycles. The molecule has 19 nitrogen and oxygen atoms in total. The summed E-state index contributed by atoms with van der Waals surface area (Å²) < 4.78 is 21.6. The molecule has 0 radical (unpaired) electrons. The third-order valence-electron chi connectivity index (χ3n) is 7.40. The number of nitrogen functional groups attached to an aromatic ring is 2. The summed E-state index contributed by atoms with van der Waals surface area (Å²) >= 11 is 0. The number of alkyl carbamates (subject to hydrolysis) is 1. The van der Waals surface area contributed by atoms with Crippen LogP contribution in [0.3, 0.4) is 0 Å². The Kier molecular flexibility index (Phi) is 17.5. The van der Waals surface area contributed by atoms with Gasteiger partial charge in [-0.25, -0.2) is 19.6 Å². The molecule has 3 aromatic rings. The van der Waals surface area contributed by atoms with E-state index in [0.29, 0.717) is 89.0 Å². The molecule has 0 fully saturated rings. The molecule has 19 heteroatoms. The Morgan fingerprint density at radius 1 is 0.870 bits per heavy atom. The number of aromatic nitrogens is 4. The Morgan fingerprint density at radius 3 is 2.09 bits per heavy atom. The van der Waals surface area contributed by atoms with Gasteiger partial charge in [0, 0.05) is 51.0 Å². The summed E-state index contributed by atoms with van der Waals surface area (Å²) in [5.74, 6) is -2.01. The van der Waals surface area contributed by atoms with Crippen molar-refractivity contribution in [2.24, 2.45) is 0 Å². The summed E-state index contributed by atoms with van der Waals surface area (Å²) in [6.07, 6.45) is 2.16. The van der Waals surface area contributed by atoms with Crippen LogP contribution in [-0.4, -0.2) is 120 Å². The maximum atomic E-state index is 12.8. The molecular weight excluding hydrogens is 704 g/mol. The maximum absolute atomic E-state index is 12.8. The van der Waals surface area contributed by atoms with Gasteiger partial charge in [0.25, 0.3) is 5.91 Å². The number of benzene rings is 1.